The highest BCUT2D eigenvalue weighted by Crippen LogP contribution is 2.13. The van der Waals surface area contributed by atoms with Crippen molar-refractivity contribution in [1.82, 2.24) is 9.97 Å². The molecule has 0 spiro atoms. The molecule has 0 saturated heterocycles. The Labute approximate surface area is 91.5 Å². The summed E-state index contributed by atoms with van der Waals surface area (Å²) in [6.45, 7) is 0. The van der Waals surface area contributed by atoms with Gasteiger partial charge in [0.25, 0.3) is 0 Å². The first-order chi connectivity index (χ1) is 7.78. The van der Waals surface area contributed by atoms with E-state index in [1.54, 1.807) is 24.4 Å². The van der Waals surface area contributed by atoms with Crippen LogP contribution in [0.5, 0.6) is 0 Å². The van der Waals surface area contributed by atoms with Crippen molar-refractivity contribution in [1.29, 1.82) is 0 Å². The highest BCUT2D eigenvalue weighted by Gasteiger charge is 1.99. The topological polar surface area (TPSA) is 75.9 Å². The van der Waals surface area contributed by atoms with Gasteiger partial charge in [0.15, 0.2) is 0 Å². The summed E-state index contributed by atoms with van der Waals surface area (Å²) in [4.78, 5) is 8.05. The second-order valence-electron chi connectivity index (χ2n) is 3.04. The lowest BCUT2D eigenvalue weighted by molar-refractivity contribution is 0.628. The summed E-state index contributed by atoms with van der Waals surface area (Å²) >= 11 is 0. The Morgan fingerprint density at radius 1 is 1.12 bits per heavy atom. The molecule has 1 heterocycles. The first kappa shape index (κ1) is 10.3. The average molecular weight is 219 g/mol. The summed E-state index contributed by atoms with van der Waals surface area (Å²) in [5.74, 6) is 5.82. The maximum Gasteiger partial charge on any atom is 0.229 e. The zero-order valence-corrected chi connectivity index (χ0v) is 8.31. The van der Waals surface area contributed by atoms with Crippen molar-refractivity contribution in [3.63, 3.8) is 0 Å². The number of rotatable bonds is 3. The Balaban J connectivity index is 2.16. The van der Waals surface area contributed by atoms with Crippen molar-refractivity contribution in [3.8, 4) is 0 Å². The van der Waals surface area contributed by atoms with Gasteiger partial charge in [0.1, 0.15) is 11.6 Å². The fraction of sp³-hybridized carbons (Fsp3) is 0. The molecule has 0 fully saturated rings. The lowest BCUT2D eigenvalue weighted by atomic mass is 10.3. The second kappa shape index (κ2) is 4.54. The largest absolute Gasteiger partial charge is 0.324 e. The van der Waals surface area contributed by atoms with Crippen LogP contribution in [0.1, 0.15) is 0 Å². The Morgan fingerprint density at radius 3 is 2.56 bits per heavy atom. The molecule has 1 aromatic heterocycles. The predicted octanol–water partition coefficient (Wildman–Crippen LogP) is 1.64. The lowest BCUT2D eigenvalue weighted by Gasteiger charge is -2.05. The average Bonchev–Trinajstić information content (AvgIpc) is 2.32. The van der Waals surface area contributed by atoms with Crippen molar-refractivity contribution >= 4 is 17.5 Å². The fourth-order valence-electron chi connectivity index (χ4n) is 1.16. The van der Waals surface area contributed by atoms with Gasteiger partial charge in [-0.2, -0.15) is 4.98 Å². The van der Waals surface area contributed by atoms with E-state index in [4.69, 9.17) is 5.84 Å². The summed E-state index contributed by atoms with van der Waals surface area (Å²) < 4.78 is 12.7. The van der Waals surface area contributed by atoms with Crippen molar-refractivity contribution < 1.29 is 4.39 Å². The quantitative estimate of drug-likeness (QED) is 0.540. The van der Waals surface area contributed by atoms with Crippen LogP contribution in [-0.2, 0) is 0 Å². The Hall–Kier alpha value is -2.21. The van der Waals surface area contributed by atoms with Gasteiger partial charge in [-0.1, -0.05) is 0 Å². The van der Waals surface area contributed by atoms with E-state index >= 15 is 0 Å². The molecule has 0 unspecified atom stereocenters. The van der Waals surface area contributed by atoms with Crippen LogP contribution in [0.15, 0.2) is 36.5 Å². The van der Waals surface area contributed by atoms with Crippen LogP contribution in [0, 0.1) is 5.82 Å². The van der Waals surface area contributed by atoms with E-state index in [1.807, 2.05) is 0 Å². The number of nitrogens with one attached hydrogen (secondary N) is 2. The van der Waals surface area contributed by atoms with Crippen molar-refractivity contribution in [2.45, 2.75) is 0 Å². The van der Waals surface area contributed by atoms with Gasteiger partial charge in [-0.15, -0.1) is 0 Å². The molecule has 0 aliphatic carbocycles. The monoisotopic (exact) mass is 219 g/mol. The number of nitrogens with two attached hydrogens (primary N) is 1. The molecular weight excluding hydrogens is 209 g/mol. The molecule has 0 amide bonds. The molecule has 82 valence electrons. The number of benzene rings is 1. The summed E-state index contributed by atoms with van der Waals surface area (Å²) in [6.07, 6.45) is 1.56. The Kier molecular flexibility index (Phi) is 2.93. The molecular formula is C10H10FN5. The van der Waals surface area contributed by atoms with E-state index in [9.17, 15) is 4.39 Å². The molecule has 4 N–H and O–H groups in total. The van der Waals surface area contributed by atoms with E-state index in [1.165, 1.54) is 12.1 Å². The third-order valence-corrected chi connectivity index (χ3v) is 1.90. The molecule has 0 bridgehead atoms. The summed E-state index contributed by atoms with van der Waals surface area (Å²) in [6, 6.07) is 7.54. The molecule has 1 aromatic carbocycles. The van der Waals surface area contributed by atoms with Gasteiger partial charge in [-0.3, -0.25) is 0 Å². The van der Waals surface area contributed by atoms with Gasteiger partial charge < -0.3 is 10.7 Å². The summed E-state index contributed by atoms with van der Waals surface area (Å²) in [5, 5.41) is 2.92. The summed E-state index contributed by atoms with van der Waals surface area (Å²) in [5.41, 5.74) is 3.12. The van der Waals surface area contributed by atoms with Gasteiger partial charge in [-0.25, -0.2) is 15.2 Å². The number of hydrogen-bond donors (Lipinski definition) is 3. The van der Waals surface area contributed by atoms with E-state index in [0.29, 0.717) is 17.5 Å². The first-order valence-electron chi connectivity index (χ1n) is 4.60. The third kappa shape index (κ3) is 2.43. The van der Waals surface area contributed by atoms with Crippen molar-refractivity contribution in [2.75, 3.05) is 10.7 Å². The number of hydrogen-bond acceptors (Lipinski definition) is 5. The van der Waals surface area contributed by atoms with Crippen LogP contribution in [0.25, 0.3) is 0 Å². The molecule has 6 heteroatoms. The molecule has 2 rings (SSSR count). The van der Waals surface area contributed by atoms with Crippen LogP contribution in [0.3, 0.4) is 0 Å². The van der Waals surface area contributed by atoms with Gasteiger partial charge in [-0.05, 0) is 24.3 Å². The molecule has 16 heavy (non-hydrogen) atoms. The lowest BCUT2D eigenvalue weighted by Crippen LogP contribution is -2.09. The zero-order valence-electron chi connectivity index (χ0n) is 8.31. The third-order valence-electron chi connectivity index (χ3n) is 1.90. The molecule has 2 aromatic rings. The van der Waals surface area contributed by atoms with Crippen LogP contribution in [-0.4, -0.2) is 9.97 Å². The standard InChI is InChI=1S/C10H10FN5/c11-7-1-3-8(4-2-7)14-10-13-6-5-9(15-10)16-12/h1-6H,12H2,(H2,13,14,15,16). The van der Waals surface area contributed by atoms with Gasteiger partial charge >= 0.3 is 0 Å². The van der Waals surface area contributed by atoms with E-state index < -0.39 is 0 Å². The predicted molar refractivity (Wildman–Crippen MR) is 59.5 cm³/mol. The van der Waals surface area contributed by atoms with Crippen LogP contribution in [0.2, 0.25) is 0 Å². The maximum atomic E-state index is 12.7. The zero-order chi connectivity index (χ0) is 11.4. The molecule has 0 aliphatic heterocycles. The van der Waals surface area contributed by atoms with E-state index in [-0.39, 0.29) is 5.82 Å². The minimum absolute atomic E-state index is 0.288. The first-order valence-corrected chi connectivity index (χ1v) is 4.60. The SMILES string of the molecule is NNc1ccnc(Nc2ccc(F)cc2)n1. The number of hydrazine groups is 1. The second-order valence-corrected chi connectivity index (χ2v) is 3.04. The van der Waals surface area contributed by atoms with E-state index in [2.05, 4.69) is 20.7 Å². The van der Waals surface area contributed by atoms with Crippen LogP contribution < -0.4 is 16.6 Å². The number of nitrogens with zero attached hydrogens (tertiary/aromatic N) is 2. The molecule has 0 atom stereocenters. The minimum Gasteiger partial charge on any atom is -0.324 e. The Morgan fingerprint density at radius 2 is 1.88 bits per heavy atom. The Bertz CT molecular complexity index is 471. The van der Waals surface area contributed by atoms with Gasteiger partial charge in [0.05, 0.1) is 0 Å². The summed E-state index contributed by atoms with van der Waals surface area (Å²) in [7, 11) is 0. The van der Waals surface area contributed by atoms with Crippen molar-refractivity contribution in [2.24, 2.45) is 5.84 Å². The highest BCUT2D eigenvalue weighted by molar-refractivity contribution is 5.54. The van der Waals surface area contributed by atoms with Crippen LogP contribution >= 0.6 is 0 Å². The number of halogens is 1. The molecule has 0 radical (unpaired) electrons. The number of nitrogen functional groups attached to an aromatic ring is 1. The molecule has 5 nitrogen and oxygen atoms in total. The smallest absolute Gasteiger partial charge is 0.229 e. The highest BCUT2D eigenvalue weighted by atomic mass is 19.1. The number of anilines is 3. The molecule has 0 saturated carbocycles. The minimum atomic E-state index is -0.288. The maximum absolute atomic E-state index is 12.7. The number of aromatic nitrogens is 2. The van der Waals surface area contributed by atoms with Gasteiger partial charge in [0.2, 0.25) is 5.95 Å². The van der Waals surface area contributed by atoms with E-state index in [0.717, 1.165) is 0 Å². The van der Waals surface area contributed by atoms with Gasteiger partial charge in [0, 0.05) is 18.0 Å². The normalized spacial score (nSPS) is 9.88. The fourth-order valence-corrected chi connectivity index (χ4v) is 1.16. The molecule has 0 aliphatic rings. The van der Waals surface area contributed by atoms with Crippen molar-refractivity contribution in [3.05, 3.63) is 42.3 Å². The van der Waals surface area contributed by atoms with Crippen LogP contribution in [0.4, 0.5) is 21.8 Å².